The van der Waals surface area contributed by atoms with Crippen LogP contribution in [-0.4, -0.2) is 87.2 Å². The summed E-state index contributed by atoms with van der Waals surface area (Å²) in [6.45, 7) is 12.8. The van der Waals surface area contributed by atoms with Crippen molar-refractivity contribution in [2.45, 2.75) is 39.3 Å². The third kappa shape index (κ3) is 8.51. The van der Waals surface area contributed by atoms with Crippen molar-refractivity contribution < 1.29 is 4.74 Å². The molecular formula is C24H42IN5O. The molecule has 2 heterocycles. The van der Waals surface area contributed by atoms with E-state index in [0.717, 1.165) is 64.4 Å². The zero-order valence-corrected chi connectivity index (χ0v) is 22.0. The fraction of sp³-hybridized carbons (Fsp3) is 0.708. The van der Waals surface area contributed by atoms with Crippen molar-refractivity contribution in [2.75, 3.05) is 66.6 Å². The third-order valence-corrected chi connectivity index (χ3v) is 6.65. The molecule has 0 atom stereocenters. The minimum atomic E-state index is 0. The average Bonchev–Trinajstić information content (AvgIpc) is 2.80. The van der Waals surface area contributed by atoms with E-state index in [9.17, 15) is 0 Å². The van der Waals surface area contributed by atoms with Gasteiger partial charge in [0.05, 0.1) is 0 Å². The first-order chi connectivity index (χ1) is 14.7. The largest absolute Gasteiger partial charge is 0.381 e. The van der Waals surface area contributed by atoms with Crippen LogP contribution in [0.15, 0.2) is 29.3 Å². The molecule has 0 unspecified atom stereocenters. The fourth-order valence-electron chi connectivity index (χ4n) is 4.46. The van der Waals surface area contributed by atoms with Gasteiger partial charge in [-0.2, -0.15) is 0 Å². The molecule has 1 N–H and O–H groups in total. The standard InChI is InChI=1S/C24H41N5O.HI/c1-4-28-13-15-29(16-14-28)20-23-8-6-5-7-22(23)19-26-24(25-2)27(3)12-9-21-10-17-30-18-11-21;/h5-8,21H,4,9-20H2,1-3H3,(H,25,26);1H. The van der Waals surface area contributed by atoms with Crippen molar-refractivity contribution in [3.63, 3.8) is 0 Å². The molecule has 0 radical (unpaired) electrons. The van der Waals surface area contributed by atoms with Gasteiger partial charge in [-0.25, -0.2) is 0 Å². The van der Waals surface area contributed by atoms with Crippen LogP contribution in [0.4, 0.5) is 0 Å². The topological polar surface area (TPSA) is 43.3 Å². The molecule has 176 valence electrons. The maximum atomic E-state index is 5.48. The third-order valence-electron chi connectivity index (χ3n) is 6.65. The van der Waals surface area contributed by atoms with Gasteiger partial charge >= 0.3 is 0 Å². The average molecular weight is 544 g/mol. The van der Waals surface area contributed by atoms with Gasteiger partial charge in [0, 0.05) is 73.1 Å². The Kier molecular flexibility index (Phi) is 12.1. The molecule has 31 heavy (non-hydrogen) atoms. The van der Waals surface area contributed by atoms with E-state index in [4.69, 9.17) is 4.74 Å². The maximum Gasteiger partial charge on any atom is 0.193 e. The number of nitrogens with one attached hydrogen (secondary N) is 1. The van der Waals surface area contributed by atoms with Crippen molar-refractivity contribution in [1.29, 1.82) is 0 Å². The van der Waals surface area contributed by atoms with Crippen molar-refractivity contribution in [3.8, 4) is 0 Å². The number of rotatable bonds is 8. The van der Waals surface area contributed by atoms with Gasteiger partial charge in [0.15, 0.2) is 5.96 Å². The van der Waals surface area contributed by atoms with E-state index in [1.807, 2.05) is 7.05 Å². The molecule has 0 bridgehead atoms. The predicted octanol–water partition coefficient (Wildman–Crippen LogP) is 3.27. The number of likely N-dealkylation sites (N-methyl/N-ethyl adjacent to an activating group) is 1. The van der Waals surface area contributed by atoms with E-state index >= 15 is 0 Å². The Morgan fingerprint density at radius 1 is 1.10 bits per heavy atom. The lowest BCUT2D eigenvalue weighted by atomic mass is 9.96. The number of aliphatic imine (C=N–C) groups is 1. The fourth-order valence-corrected chi connectivity index (χ4v) is 4.46. The Balaban J connectivity index is 0.00000341. The minimum Gasteiger partial charge on any atom is -0.381 e. The highest BCUT2D eigenvalue weighted by molar-refractivity contribution is 14.0. The molecule has 2 fully saturated rings. The normalized spacial score (nSPS) is 19.1. The van der Waals surface area contributed by atoms with Crippen LogP contribution in [0.25, 0.3) is 0 Å². The number of hydrogen-bond acceptors (Lipinski definition) is 4. The van der Waals surface area contributed by atoms with Crippen molar-refractivity contribution >= 4 is 29.9 Å². The number of halogens is 1. The van der Waals surface area contributed by atoms with Gasteiger partial charge in [0.1, 0.15) is 0 Å². The number of piperazine rings is 1. The molecular weight excluding hydrogens is 501 g/mol. The lowest BCUT2D eigenvalue weighted by molar-refractivity contribution is 0.0625. The van der Waals surface area contributed by atoms with Gasteiger partial charge in [-0.05, 0) is 42.9 Å². The van der Waals surface area contributed by atoms with Crippen LogP contribution in [0.3, 0.4) is 0 Å². The maximum absolute atomic E-state index is 5.48. The second-order valence-corrected chi connectivity index (χ2v) is 8.65. The van der Waals surface area contributed by atoms with E-state index in [1.54, 1.807) is 0 Å². The summed E-state index contributed by atoms with van der Waals surface area (Å²) in [4.78, 5) is 11.9. The smallest absolute Gasteiger partial charge is 0.193 e. The van der Waals surface area contributed by atoms with Crippen LogP contribution >= 0.6 is 24.0 Å². The van der Waals surface area contributed by atoms with E-state index in [1.165, 1.54) is 43.5 Å². The number of ether oxygens (including phenoxy) is 1. The Bertz CT molecular complexity index is 657. The molecule has 0 aromatic heterocycles. The first-order valence-corrected chi connectivity index (χ1v) is 11.7. The molecule has 0 amide bonds. The highest BCUT2D eigenvalue weighted by Crippen LogP contribution is 2.18. The molecule has 2 aliphatic heterocycles. The van der Waals surface area contributed by atoms with Gasteiger partial charge in [-0.1, -0.05) is 31.2 Å². The zero-order valence-electron chi connectivity index (χ0n) is 19.7. The van der Waals surface area contributed by atoms with Crippen molar-refractivity contribution in [2.24, 2.45) is 10.9 Å². The van der Waals surface area contributed by atoms with Crippen LogP contribution in [0.5, 0.6) is 0 Å². The molecule has 2 saturated heterocycles. The number of hydrogen-bond donors (Lipinski definition) is 1. The van der Waals surface area contributed by atoms with Crippen LogP contribution in [0, 0.1) is 5.92 Å². The molecule has 1 aromatic rings. The monoisotopic (exact) mass is 543 g/mol. The van der Waals surface area contributed by atoms with Crippen LogP contribution in [-0.2, 0) is 17.8 Å². The first kappa shape index (κ1) is 26.4. The van der Waals surface area contributed by atoms with Crippen LogP contribution < -0.4 is 5.32 Å². The van der Waals surface area contributed by atoms with E-state index in [0.29, 0.717) is 0 Å². The summed E-state index contributed by atoms with van der Waals surface area (Å²) in [6, 6.07) is 8.84. The van der Waals surface area contributed by atoms with Gasteiger partial charge in [0.25, 0.3) is 0 Å². The van der Waals surface area contributed by atoms with E-state index in [2.05, 4.69) is 63.2 Å². The summed E-state index contributed by atoms with van der Waals surface area (Å²) in [6.07, 6.45) is 3.60. The second-order valence-electron chi connectivity index (χ2n) is 8.65. The SMILES string of the molecule is CCN1CCN(Cc2ccccc2CNC(=NC)N(C)CCC2CCOCC2)CC1.I. The number of benzene rings is 1. The molecule has 0 spiro atoms. The molecule has 3 rings (SSSR count). The minimum absolute atomic E-state index is 0. The zero-order chi connectivity index (χ0) is 21.2. The highest BCUT2D eigenvalue weighted by atomic mass is 127. The predicted molar refractivity (Wildman–Crippen MR) is 140 cm³/mol. The van der Waals surface area contributed by atoms with Gasteiger partial charge in [0.2, 0.25) is 0 Å². The quantitative estimate of drug-likeness (QED) is 0.310. The molecule has 1 aromatic carbocycles. The summed E-state index contributed by atoms with van der Waals surface area (Å²) >= 11 is 0. The van der Waals surface area contributed by atoms with Crippen molar-refractivity contribution in [1.82, 2.24) is 20.0 Å². The molecule has 7 heteroatoms. The Labute approximate surface area is 206 Å². The van der Waals surface area contributed by atoms with Crippen LogP contribution in [0.1, 0.15) is 37.3 Å². The van der Waals surface area contributed by atoms with Gasteiger partial charge in [-0.3, -0.25) is 9.89 Å². The Hall–Kier alpha value is -0.900. The van der Waals surface area contributed by atoms with Crippen molar-refractivity contribution in [3.05, 3.63) is 35.4 Å². The van der Waals surface area contributed by atoms with E-state index in [-0.39, 0.29) is 24.0 Å². The highest BCUT2D eigenvalue weighted by Gasteiger charge is 2.18. The lowest BCUT2D eigenvalue weighted by Gasteiger charge is -2.34. The summed E-state index contributed by atoms with van der Waals surface area (Å²) in [5.41, 5.74) is 2.80. The summed E-state index contributed by atoms with van der Waals surface area (Å²) in [7, 11) is 4.03. The Morgan fingerprint density at radius 3 is 2.39 bits per heavy atom. The number of nitrogens with zero attached hydrogens (tertiary/aromatic N) is 4. The summed E-state index contributed by atoms with van der Waals surface area (Å²) in [5, 5.41) is 3.59. The summed E-state index contributed by atoms with van der Waals surface area (Å²) in [5.74, 6) is 1.77. The molecule has 6 nitrogen and oxygen atoms in total. The Morgan fingerprint density at radius 2 is 1.74 bits per heavy atom. The first-order valence-electron chi connectivity index (χ1n) is 11.7. The lowest BCUT2D eigenvalue weighted by Crippen LogP contribution is -2.45. The molecule has 0 aliphatic carbocycles. The van der Waals surface area contributed by atoms with Crippen LogP contribution in [0.2, 0.25) is 0 Å². The van der Waals surface area contributed by atoms with E-state index < -0.39 is 0 Å². The number of guanidine groups is 1. The molecule has 2 aliphatic rings. The summed E-state index contributed by atoms with van der Waals surface area (Å²) < 4.78 is 5.48. The van der Waals surface area contributed by atoms with Gasteiger partial charge in [-0.15, -0.1) is 24.0 Å². The second kappa shape index (κ2) is 14.3. The van der Waals surface area contributed by atoms with Gasteiger partial charge < -0.3 is 19.9 Å². The molecule has 0 saturated carbocycles.